The number of anilines is 3. The van der Waals surface area contributed by atoms with Crippen LogP contribution >= 0.6 is 0 Å². The molecule has 1 aromatic heterocycles. The van der Waals surface area contributed by atoms with Crippen LogP contribution in [0.5, 0.6) is 0 Å². The highest BCUT2D eigenvalue weighted by molar-refractivity contribution is 6.14. The van der Waals surface area contributed by atoms with E-state index in [1.54, 1.807) is 0 Å². The second-order valence-corrected chi connectivity index (χ2v) is 12.5. The predicted molar refractivity (Wildman–Crippen MR) is 204 cm³/mol. The maximum absolute atomic E-state index is 6.22. The largest absolute Gasteiger partial charge is 0.456 e. The lowest BCUT2D eigenvalue weighted by molar-refractivity contribution is 0.669. The van der Waals surface area contributed by atoms with Gasteiger partial charge in [0.25, 0.3) is 0 Å². The van der Waals surface area contributed by atoms with E-state index in [9.17, 15) is 0 Å². The summed E-state index contributed by atoms with van der Waals surface area (Å²) < 4.78 is 6.22. The number of fused-ring (bicyclic) bond motifs is 9. The van der Waals surface area contributed by atoms with Crippen molar-refractivity contribution in [2.75, 3.05) is 4.90 Å². The summed E-state index contributed by atoms with van der Waals surface area (Å²) in [4.78, 5) is 2.37. The Balaban J connectivity index is 1.17. The van der Waals surface area contributed by atoms with Crippen LogP contribution in [-0.2, 0) is 0 Å². The van der Waals surface area contributed by atoms with E-state index in [1.807, 2.05) is 12.1 Å². The Morgan fingerprint density at radius 3 is 1.62 bits per heavy atom. The van der Waals surface area contributed by atoms with E-state index in [2.05, 4.69) is 169 Å². The van der Waals surface area contributed by atoms with Gasteiger partial charge in [0.15, 0.2) is 0 Å². The van der Waals surface area contributed by atoms with Crippen molar-refractivity contribution in [1.82, 2.24) is 0 Å². The highest BCUT2D eigenvalue weighted by Gasteiger charge is 2.17. The molecule has 9 aromatic carbocycles. The highest BCUT2D eigenvalue weighted by Crippen LogP contribution is 2.42. The van der Waals surface area contributed by atoms with E-state index in [1.165, 1.54) is 54.2 Å². The lowest BCUT2D eigenvalue weighted by atomic mass is 9.93. The molecule has 0 atom stereocenters. The van der Waals surface area contributed by atoms with Crippen molar-refractivity contribution in [2.24, 2.45) is 0 Å². The van der Waals surface area contributed by atoms with Crippen LogP contribution in [0.25, 0.3) is 76.2 Å². The lowest BCUT2D eigenvalue weighted by Gasteiger charge is -2.26. The topological polar surface area (TPSA) is 16.4 Å². The van der Waals surface area contributed by atoms with Crippen molar-refractivity contribution in [3.05, 3.63) is 176 Å². The van der Waals surface area contributed by atoms with Gasteiger partial charge >= 0.3 is 0 Å². The van der Waals surface area contributed by atoms with E-state index in [0.29, 0.717) is 0 Å². The molecule has 0 saturated heterocycles. The zero-order valence-electron chi connectivity index (χ0n) is 26.1. The Bertz CT molecular complexity index is 2840. The third-order valence-electron chi connectivity index (χ3n) is 9.81. The molecule has 0 aliphatic heterocycles. The molecule has 0 fully saturated rings. The van der Waals surface area contributed by atoms with Gasteiger partial charge in [-0.05, 0) is 109 Å². The van der Waals surface area contributed by atoms with Gasteiger partial charge in [-0.15, -0.1) is 0 Å². The maximum atomic E-state index is 6.22. The third-order valence-corrected chi connectivity index (χ3v) is 9.81. The second kappa shape index (κ2) is 10.6. The standard InChI is InChI=1S/C46H29NO/c1-3-11-37-30(9-1)17-18-31-21-24-35(28-43(31)37)47(36-25-26-46-44(29-36)41-15-7-8-16-45(41)48-46)34-22-19-32(20-23-34)42-27-33-10-2-4-12-38(33)39-13-5-6-14-40(39)42/h1-29H. The van der Waals surface area contributed by atoms with Crippen LogP contribution < -0.4 is 4.90 Å². The predicted octanol–water partition coefficient (Wildman–Crippen LogP) is 13.3. The lowest BCUT2D eigenvalue weighted by Crippen LogP contribution is -2.09. The molecule has 224 valence electrons. The van der Waals surface area contributed by atoms with Crippen molar-refractivity contribution >= 4 is 82.1 Å². The molecule has 0 saturated carbocycles. The van der Waals surface area contributed by atoms with Gasteiger partial charge in [0.05, 0.1) is 0 Å². The Kier molecular flexibility index (Phi) is 5.91. The Morgan fingerprint density at radius 2 is 0.833 bits per heavy atom. The molecule has 0 aliphatic rings. The first-order valence-electron chi connectivity index (χ1n) is 16.4. The maximum Gasteiger partial charge on any atom is 0.135 e. The summed E-state index contributed by atoms with van der Waals surface area (Å²) in [5.74, 6) is 0. The molecule has 10 aromatic rings. The van der Waals surface area contributed by atoms with E-state index in [-0.39, 0.29) is 0 Å². The summed E-state index contributed by atoms with van der Waals surface area (Å²) in [6, 6.07) is 63.5. The Hall–Kier alpha value is -6.38. The summed E-state index contributed by atoms with van der Waals surface area (Å²) in [5.41, 5.74) is 7.51. The van der Waals surface area contributed by atoms with Crippen molar-refractivity contribution < 1.29 is 4.42 Å². The van der Waals surface area contributed by atoms with Gasteiger partial charge in [0.1, 0.15) is 11.2 Å². The number of furan rings is 1. The van der Waals surface area contributed by atoms with Crippen molar-refractivity contribution in [2.45, 2.75) is 0 Å². The van der Waals surface area contributed by atoms with Crippen LogP contribution in [-0.4, -0.2) is 0 Å². The quantitative estimate of drug-likeness (QED) is 0.184. The molecule has 0 unspecified atom stereocenters. The normalized spacial score (nSPS) is 11.8. The van der Waals surface area contributed by atoms with Crippen LogP contribution in [0, 0.1) is 0 Å². The Labute approximate surface area is 277 Å². The third kappa shape index (κ3) is 4.20. The fourth-order valence-electron chi connectivity index (χ4n) is 7.51. The van der Waals surface area contributed by atoms with Gasteiger partial charge in [-0.1, -0.05) is 121 Å². The fourth-order valence-corrected chi connectivity index (χ4v) is 7.51. The van der Waals surface area contributed by atoms with Gasteiger partial charge in [0.2, 0.25) is 0 Å². The monoisotopic (exact) mass is 611 g/mol. The number of hydrogen-bond acceptors (Lipinski definition) is 2. The first-order valence-corrected chi connectivity index (χ1v) is 16.4. The number of nitrogens with zero attached hydrogens (tertiary/aromatic N) is 1. The van der Waals surface area contributed by atoms with Gasteiger partial charge in [0, 0.05) is 27.8 Å². The average Bonchev–Trinajstić information content (AvgIpc) is 3.53. The minimum atomic E-state index is 0.892. The van der Waals surface area contributed by atoms with Crippen LogP contribution in [0.1, 0.15) is 0 Å². The highest BCUT2D eigenvalue weighted by atomic mass is 16.3. The van der Waals surface area contributed by atoms with E-state index in [0.717, 1.165) is 39.0 Å². The summed E-state index contributed by atoms with van der Waals surface area (Å²) in [6.07, 6.45) is 0. The second-order valence-electron chi connectivity index (χ2n) is 12.5. The first-order chi connectivity index (χ1) is 23.8. The molecule has 2 heteroatoms. The number of rotatable bonds is 4. The summed E-state index contributed by atoms with van der Waals surface area (Å²) >= 11 is 0. The number of para-hydroxylation sites is 1. The average molecular weight is 612 g/mol. The van der Waals surface area contributed by atoms with E-state index < -0.39 is 0 Å². The summed E-state index contributed by atoms with van der Waals surface area (Å²) in [7, 11) is 0. The van der Waals surface area contributed by atoms with E-state index in [4.69, 9.17) is 4.42 Å². The molecule has 0 bridgehead atoms. The summed E-state index contributed by atoms with van der Waals surface area (Å²) in [5, 5.41) is 12.3. The molecule has 0 amide bonds. The SMILES string of the molecule is c1ccc2c(c1)ccc1ccc(N(c3ccc(-c4cc5ccccc5c5ccccc45)cc3)c3ccc4oc5ccccc5c4c3)cc12. The van der Waals surface area contributed by atoms with E-state index >= 15 is 0 Å². The van der Waals surface area contributed by atoms with Crippen LogP contribution in [0.3, 0.4) is 0 Å². The van der Waals surface area contributed by atoms with Crippen molar-refractivity contribution in [3.63, 3.8) is 0 Å². The van der Waals surface area contributed by atoms with Crippen LogP contribution in [0.15, 0.2) is 180 Å². The minimum absolute atomic E-state index is 0.892. The molecule has 48 heavy (non-hydrogen) atoms. The molecular weight excluding hydrogens is 583 g/mol. The molecule has 0 radical (unpaired) electrons. The molecule has 0 N–H and O–H groups in total. The molecular formula is C46H29NO. The van der Waals surface area contributed by atoms with Crippen LogP contribution in [0.2, 0.25) is 0 Å². The van der Waals surface area contributed by atoms with Crippen LogP contribution in [0.4, 0.5) is 17.1 Å². The van der Waals surface area contributed by atoms with Crippen molar-refractivity contribution in [3.8, 4) is 11.1 Å². The van der Waals surface area contributed by atoms with Gasteiger partial charge in [-0.3, -0.25) is 0 Å². The molecule has 0 spiro atoms. The smallest absolute Gasteiger partial charge is 0.135 e. The zero-order valence-corrected chi connectivity index (χ0v) is 26.1. The van der Waals surface area contributed by atoms with Gasteiger partial charge in [-0.2, -0.15) is 0 Å². The molecule has 0 aliphatic carbocycles. The Morgan fingerprint density at radius 1 is 0.312 bits per heavy atom. The van der Waals surface area contributed by atoms with Crippen molar-refractivity contribution in [1.29, 1.82) is 0 Å². The zero-order chi connectivity index (χ0) is 31.6. The molecule has 10 rings (SSSR count). The number of hydrogen-bond donors (Lipinski definition) is 0. The molecule has 1 heterocycles. The summed E-state index contributed by atoms with van der Waals surface area (Å²) in [6.45, 7) is 0. The molecule has 2 nitrogen and oxygen atoms in total. The number of benzene rings is 9. The minimum Gasteiger partial charge on any atom is -0.456 e. The van der Waals surface area contributed by atoms with Gasteiger partial charge in [-0.25, -0.2) is 0 Å². The fraction of sp³-hybridized carbons (Fsp3) is 0. The van der Waals surface area contributed by atoms with Gasteiger partial charge < -0.3 is 9.32 Å². The first kappa shape index (κ1) is 26.8.